The smallest absolute Gasteiger partial charge is 0.164 e. The molecule has 45 heavy (non-hydrogen) atoms. The second-order valence-corrected chi connectivity index (χ2v) is 10.8. The first-order valence-electron chi connectivity index (χ1n) is 14.7. The molecule has 0 spiro atoms. The van der Waals surface area contributed by atoms with Crippen molar-refractivity contribution >= 4 is 21.9 Å². The van der Waals surface area contributed by atoms with Crippen LogP contribution in [-0.4, -0.2) is 15.0 Å². The van der Waals surface area contributed by atoms with Gasteiger partial charge in [-0.3, -0.25) is 0 Å². The lowest BCUT2D eigenvalue weighted by Crippen LogP contribution is -2.01. The van der Waals surface area contributed by atoms with Crippen LogP contribution in [-0.2, 0) is 0 Å². The van der Waals surface area contributed by atoms with Gasteiger partial charge in [0.15, 0.2) is 17.5 Å². The minimum atomic E-state index is 0.555. The second kappa shape index (κ2) is 11.0. The van der Waals surface area contributed by atoms with Crippen LogP contribution in [0.1, 0.15) is 5.56 Å². The molecule has 5 heteroatoms. The molecular formula is C40H24N4O. The van der Waals surface area contributed by atoms with Crippen molar-refractivity contribution in [2.45, 2.75) is 0 Å². The number of aromatic nitrogens is 3. The molecule has 0 saturated heterocycles. The van der Waals surface area contributed by atoms with E-state index in [1.54, 1.807) is 0 Å². The summed E-state index contributed by atoms with van der Waals surface area (Å²) in [7, 11) is 0. The highest BCUT2D eigenvalue weighted by molar-refractivity contribution is 6.13. The third kappa shape index (κ3) is 4.81. The van der Waals surface area contributed by atoms with E-state index in [0.29, 0.717) is 23.0 Å². The summed E-state index contributed by atoms with van der Waals surface area (Å²) in [5.74, 6) is 1.70. The van der Waals surface area contributed by atoms with E-state index in [9.17, 15) is 5.26 Å². The Morgan fingerprint density at radius 3 is 1.76 bits per heavy atom. The van der Waals surface area contributed by atoms with E-state index in [0.717, 1.165) is 60.9 Å². The molecule has 8 aromatic rings. The molecule has 0 radical (unpaired) electrons. The summed E-state index contributed by atoms with van der Waals surface area (Å²) in [6.07, 6.45) is 0. The van der Waals surface area contributed by atoms with Gasteiger partial charge in [-0.2, -0.15) is 5.26 Å². The highest BCUT2D eigenvalue weighted by atomic mass is 16.3. The molecule has 0 amide bonds. The van der Waals surface area contributed by atoms with E-state index in [2.05, 4.69) is 48.5 Å². The Morgan fingerprint density at radius 1 is 0.444 bits per heavy atom. The topological polar surface area (TPSA) is 75.6 Å². The van der Waals surface area contributed by atoms with Gasteiger partial charge in [-0.25, -0.2) is 15.0 Å². The maximum absolute atomic E-state index is 9.30. The van der Waals surface area contributed by atoms with Crippen LogP contribution in [0.15, 0.2) is 150 Å². The van der Waals surface area contributed by atoms with Crippen molar-refractivity contribution < 1.29 is 4.42 Å². The van der Waals surface area contributed by atoms with Crippen LogP contribution < -0.4 is 0 Å². The molecule has 2 heterocycles. The molecular weight excluding hydrogens is 552 g/mol. The third-order valence-corrected chi connectivity index (χ3v) is 8.00. The maximum Gasteiger partial charge on any atom is 0.164 e. The van der Waals surface area contributed by atoms with Gasteiger partial charge in [0.25, 0.3) is 0 Å². The van der Waals surface area contributed by atoms with Crippen LogP contribution in [0.25, 0.3) is 78.4 Å². The summed E-state index contributed by atoms with van der Waals surface area (Å²) in [4.78, 5) is 14.9. The summed E-state index contributed by atoms with van der Waals surface area (Å²) >= 11 is 0. The van der Waals surface area contributed by atoms with Crippen molar-refractivity contribution in [1.29, 1.82) is 5.26 Å². The van der Waals surface area contributed by atoms with Gasteiger partial charge in [0, 0.05) is 27.5 Å². The third-order valence-electron chi connectivity index (χ3n) is 8.00. The van der Waals surface area contributed by atoms with Crippen molar-refractivity contribution in [1.82, 2.24) is 15.0 Å². The lowest BCUT2D eigenvalue weighted by atomic mass is 9.98. The largest absolute Gasteiger partial charge is 0.456 e. The Kier molecular flexibility index (Phi) is 6.44. The predicted molar refractivity (Wildman–Crippen MR) is 179 cm³/mol. The normalized spacial score (nSPS) is 11.1. The zero-order chi connectivity index (χ0) is 30.2. The average Bonchev–Trinajstić information content (AvgIpc) is 3.50. The van der Waals surface area contributed by atoms with Gasteiger partial charge in [-0.1, -0.05) is 115 Å². The van der Waals surface area contributed by atoms with Gasteiger partial charge >= 0.3 is 0 Å². The molecule has 2 aromatic heterocycles. The van der Waals surface area contributed by atoms with Crippen LogP contribution in [0, 0.1) is 11.3 Å². The molecule has 0 unspecified atom stereocenters. The van der Waals surface area contributed by atoms with Crippen molar-refractivity contribution in [2.75, 3.05) is 0 Å². The SMILES string of the molecule is N#Cc1ccc(-c2ccccc2-c2nc(-c3ccccc3)nc(-c3ccc4c(c3)oc3cccc(-c5ccccc5)c34)n2)cc1. The first-order valence-corrected chi connectivity index (χ1v) is 14.7. The number of nitrogens with zero attached hydrogens (tertiary/aromatic N) is 4. The quantitative estimate of drug-likeness (QED) is 0.204. The number of nitriles is 1. The zero-order valence-corrected chi connectivity index (χ0v) is 24.1. The Balaban J connectivity index is 1.30. The van der Waals surface area contributed by atoms with Gasteiger partial charge in [0.05, 0.1) is 11.6 Å². The van der Waals surface area contributed by atoms with E-state index < -0.39 is 0 Å². The van der Waals surface area contributed by atoms with Crippen LogP contribution in [0.3, 0.4) is 0 Å². The van der Waals surface area contributed by atoms with Gasteiger partial charge < -0.3 is 4.42 Å². The molecule has 8 rings (SSSR count). The lowest BCUT2D eigenvalue weighted by Gasteiger charge is -2.12. The first kappa shape index (κ1) is 26.3. The Hall–Kier alpha value is -6.38. The molecule has 0 aliphatic heterocycles. The molecule has 210 valence electrons. The number of hydrogen-bond acceptors (Lipinski definition) is 5. The average molecular weight is 577 g/mol. The van der Waals surface area contributed by atoms with Crippen molar-refractivity contribution in [3.05, 3.63) is 151 Å². The Morgan fingerprint density at radius 2 is 1.02 bits per heavy atom. The van der Waals surface area contributed by atoms with E-state index >= 15 is 0 Å². The molecule has 0 saturated carbocycles. The maximum atomic E-state index is 9.30. The first-order chi connectivity index (χ1) is 22.2. The summed E-state index contributed by atoms with van der Waals surface area (Å²) < 4.78 is 6.41. The fourth-order valence-electron chi connectivity index (χ4n) is 5.82. The fourth-order valence-corrected chi connectivity index (χ4v) is 5.82. The van der Waals surface area contributed by atoms with Crippen LogP contribution in [0.4, 0.5) is 0 Å². The number of fused-ring (bicyclic) bond motifs is 3. The van der Waals surface area contributed by atoms with Gasteiger partial charge in [0.1, 0.15) is 11.2 Å². The second-order valence-electron chi connectivity index (χ2n) is 10.8. The molecule has 5 nitrogen and oxygen atoms in total. The highest BCUT2D eigenvalue weighted by Crippen LogP contribution is 2.38. The number of furan rings is 1. The molecule has 0 aliphatic carbocycles. The molecule has 0 fully saturated rings. The summed E-state index contributed by atoms with van der Waals surface area (Å²) in [6.45, 7) is 0. The monoisotopic (exact) mass is 576 g/mol. The standard InChI is InChI=1S/C40H24N4O/c41-25-26-18-20-28(21-19-26)31-14-7-8-15-33(31)40-43-38(29-12-5-2-6-13-29)42-39(44-40)30-22-23-34-36(24-30)45-35-17-9-16-32(37(34)35)27-10-3-1-4-11-27/h1-24H. The number of benzene rings is 6. The van der Waals surface area contributed by atoms with E-state index in [-0.39, 0.29) is 0 Å². The Labute approximate surface area is 259 Å². The van der Waals surface area contributed by atoms with E-state index in [4.69, 9.17) is 19.4 Å². The van der Waals surface area contributed by atoms with Crippen molar-refractivity contribution in [3.8, 4) is 62.5 Å². The summed E-state index contributed by atoms with van der Waals surface area (Å²) in [5, 5.41) is 11.4. The van der Waals surface area contributed by atoms with Crippen molar-refractivity contribution in [3.63, 3.8) is 0 Å². The highest BCUT2D eigenvalue weighted by Gasteiger charge is 2.18. The molecule has 0 bridgehead atoms. The van der Waals surface area contributed by atoms with Crippen LogP contribution in [0.5, 0.6) is 0 Å². The molecule has 0 N–H and O–H groups in total. The minimum Gasteiger partial charge on any atom is -0.456 e. The van der Waals surface area contributed by atoms with Gasteiger partial charge in [-0.15, -0.1) is 0 Å². The minimum absolute atomic E-state index is 0.555. The van der Waals surface area contributed by atoms with Crippen LogP contribution >= 0.6 is 0 Å². The summed E-state index contributed by atoms with van der Waals surface area (Å²) in [5.41, 5.74) is 9.05. The molecule has 0 aliphatic rings. The Bertz CT molecular complexity index is 2370. The lowest BCUT2D eigenvalue weighted by molar-refractivity contribution is 0.669. The van der Waals surface area contributed by atoms with E-state index in [1.165, 1.54) is 0 Å². The number of rotatable bonds is 5. The molecule has 6 aromatic carbocycles. The van der Waals surface area contributed by atoms with Gasteiger partial charge in [0.2, 0.25) is 0 Å². The zero-order valence-electron chi connectivity index (χ0n) is 24.1. The van der Waals surface area contributed by atoms with Crippen LogP contribution in [0.2, 0.25) is 0 Å². The number of hydrogen-bond donors (Lipinski definition) is 0. The van der Waals surface area contributed by atoms with E-state index in [1.807, 2.05) is 103 Å². The van der Waals surface area contributed by atoms with Gasteiger partial charge in [-0.05, 0) is 52.6 Å². The predicted octanol–water partition coefficient (Wildman–Crippen LogP) is 9.98. The molecule has 0 atom stereocenters. The summed E-state index contributed by atoms with van der Waals surface area (Å²) in [6, 6.07) is 50.5. The van der Waals surface area contributed by atoms with Crippen molar-refractivity contribution in [2.24, 2.45) is 0 Å². The fraction of sp³-hybridized carbons (Fsp3) is 0.